The zero-order valence-corrected chi connectivity index (χ0v) is 13.6. The number of benzene rings is 2. The Labute approximate surface area is 134 Å². The van der Waals surface area contributed by atoms with Crippen LogP contribution in [0.1, 0.15) is 11.1 Å². The molecule has 0 aliphatic heterocycles. The van der Waals surface area contributed by atoms with Crippen molar-refractivity contribution in [3.63, 3.8) is 0 Å². The van der Waals surface area contributed by atoms with E-state index >= 15 is 0 Å². The largest absolute Gasteiger partial charge is 0.298 e. The quantitative estimate of drug-likeness (QED) is 0.526. The van der Waals surface area contributed by atoms with E-state index in [4.69, 9.17) is 0 Å². The van der Waals surface area contributed by atoms with E-state index in [0.717, 1.165) is 4.48 Å². The number of hydrogen-bond acceptors (Lipinski definition) is 0. The molecule has 2 rings (SSSR count). The molecular formula is C21H24N+. The van der Waals surface area contributed by atoms with Crippen molar-refractivity contribution in [1.29, 1.82) is 0 Å². The molecule has 0 atom stereocenters. The van der Waals surface area contributed by atoms with Crippen molar-refractivity contribution < 1.29 is 0 Å². The Morgan fingerprint density at radius 3 is 1.59 bits per heavy atom. The molecule has 0 radical (unpaired) electrons. The Balaban J connectivity index is 1.90. The average Bonchev–Trinajstić information content (AvgIpc) is 2.51. The zero-order valence-electron chi connectivity index (χ0n) is 13.6. The second-order valence-corrected chi connectivity index (χ2v) is 6.12. The summed E-state index contributed by atoms with van der Waals surface area (Å²) >= 11 is 0. The van der Waals surface area contributed by atoms with Gasteiger partial charge in [-0.1, -0.05) is 66.8 Å². The Morgan fingerprint density at radius 2 is 1.09 bits per heavy atom. The Kier molecular flexibility index (Phi) is 5.51. The second-order valence-electron chi connectivity index (χ2n) is 6.12. The SMILES string of the molecule is C[N+](C)(C)c1ccc(\C=C/C=C/C=C/c2ccccc2)cc1. The number of allylic oxidation sites excluding steroid dienone is 4. The first-order valence-corrected chi connectivity index (χ1v) is 7.54. The molecule has 0 spiro atoms. The van der Waals surface area contributed by atoms with Crippen LogP contribution >= 0.6 is 0 Å². The fraction of sp³-hybridized carbons (Fsp3) is 0.143. The van der Waals surface area contributed by atoms with E-state index in [1.54, 1.807) is 0 Å². The van der Waals surface area contributed by atoms with Gasteiger partial charge in [-0.2, -0.15) is 0 Å². The van der Waals surface area contributed by atoms with Gasteiger partial charge in [0.1, 0.15) is 5.69 Å². The van der Waals surface area contributed by atoms with Crippen LogP contribution in [0.4, 0.5) is 5.69 Å². The lowest BCUT2D eigenvalue weighted by Gasteiger charge is -2.23. The summed E-state index contributed by atoms with van der Waals surface area (Å²) in [5.74, 6) is 0. The highest BCUT2D eigenvalue weighted by atomic mass is 15.3. The van der Waals surface area contributed by atoms with Gasteiger partial charge in [-0.25, -0.2) is 0 Å². The van der Waals surface area contributed by atoms with Crippen LogP contribution in [0.5, 0.6) is 0 Å². The molecule has 112 valence electrons. The van der Waals surface area contributed by atoms with Gasteiger partial charge in [0, 0.05) is 0 Å². The lowest BCUT2D eigenvalue weighted by molar-refractivity contribution is 0.486. The first kappa shape index (κ1) is 16.0. The van der Waals surface area contributed by atoms with Crippen LogP contribution < -0.4 is 4.48 Å². The predicted octanol–water partition coefficient (Wildman–Crippen LogP) is 5.17. The van der Waals surface area contributed by atoms with Gasteiger partial charge < -0.3 is 0 Å². The van der Waals surface area contributed by atoms with E-state index in [-0.39, 0.29) is 0 Å². The van der Waals surface area contributed by atoms with Crippen molar-refractivity contribution in [3.05, 3.63) is 90.0 Å². The van der Waals surface area contributed by atoms with Crippen LogP contribution in [0, 0.1) is 0 Å². The summed E-state index contributed by atoms with van der Waals surface area (Å²) in [5, 5.41) is 0. The van der Waals surface area contributed by atoms with Crippen molar-refractivity contribution in [3.8, 4) is 0 Å². The first-order valence-electron chi connectivity index (χ1n) is 7.54. The summed E-state index contributed by atoms with van der Waals surface area (Å²) in [6.07, 6.45) is 12.4. The highest BCUT2D eigenvalue weighted by Gasteiger charge is 2.10. The predicted molar refractivity (Wildman–Crippen MR) is 99.7 cm³/mol. The summed E-state index contributed by atoms with van der Waals surface area (Å²) in [4.78, 5) is 0. The van der Waals surface area contributed by atoms with Crippen molar-refractivity contribution >= 4 is 17.8 Å². The summed E-state index contributed by atoms with van der Waals surface area (Å²) in [5.41, 5.74) is 3.74. The van der Waals surface area contributed by atoms with E-state index in [1.165, 1.54) is 16.8 Å². The molecule has 0 bridgehead atoms. The Bertz CT molecular complexity index is 653. The molecule has 0 N–H and O–H groups in total. The molecule has 22 heavy (non-hydrogen) atoms. The van der Waals surface area contributed by atoms with Crippen LogP contribution in [0.15, 0.2) is 78.9 Å². The van der Waals surface area contributed by atoms with Crippen molar-refractivity contribution in [1.82, 2.24) is 4.48 Å². The molecule has 0 aliphatic rings. The third kappa shape index (κ3) is 5.19. The minimum atomic E-state index is 0.841. The second kappa shape index (κ2) is 7.58. The number of nitrogens with zero attached hydrogens (tertiary/aromatic N) is 1. The molecule has 0 fully saturated rings. The minimum Gasteiger partial charge on any atom is -0.298 e. The van der Waals surface area contributed by atoms with Gasteiger partial charge in [0.05, 0.1) is 21.1 Å². The highest BCUT2D eigenvalue weighted by Crippen LogP contribution is 2.17. The van der Waals surface area contributed by atoms with E-state index in [9.17, 15) is 0 Å². The highest BCUT2D eigenvalue weighted by molar-refractivity contribution is 5.56. The molecule has 1 heteroatoms. The minimum absolute atomic E-state index is 0.841. The molecule has 0 aliphatic carbocycles. The summed E-state index contributed by atoms with van der Waals surface area (Å²) in [6, 6.07) is 19.0. The van der Waals surface area contributed by atoms with Crippen LogP contribution in [0.2, 0.25) is 0 Å². The van der Waals surface area contributed by atoms with E-state index in [0.29, 0.717) is 0 Å². The number of hydrogen-bond donors (Lipinski definition) is 0. The molecule has 0 heterocycles. The number of rotatable bonds is 5. The van der Waals surface area contributed by atoms with Gasteiger partial charge in [-0.15, -0.1) is 0 Å². The van der Waals surface area contributed by atoms with Gasteiger partial charge in [0.15, 0.2) is 0 Å². The van der Waals surface area contributed by atoms with Gasteiger partial charge in [0.25, 0.3) is 0 Å². The summed E-state index contributed by atoms with van der Waals surface area (Å²) in [6.45, 7) is 0. The van der Waals surface area contributed by atoms with Crippen LogP contribution in [-0.2, 0) is 0 Å². The van der Waals surface area contributed by atoms with E-state index in [2.05, 4.69) is 81.8 Å². The lowest BCUT2D eigenvalue weighted by Crippen LogP contribution is -2.34. The monoisotopic (exact) mass is 290 g/mol. The van der Waals surface area contributed by atoms with Gasteiger partial charge >= 0.3 is 0 Å². The molecule has 0 saturated carbocycles. The average molecular weight is 290 g/mol. The molecule has 0 amide bonds. The van der Waals surface area contributed by atoms with Crippen LogP contribution in [0.3, 0.4) is 0 Å². The van der Waals surface area contributed by atoms with Crippen molar-refractivity contribution in [2.75, 3.05) is 21.1 Å². The van der Waals surface area contributed by atoms with E-state index < -0.39 is 0 Å². The summed E-state index contributed by atoms with van der Waals surface area (Å²) < 4.78 is 0.841. The number of quaternary nitrogens is 1. The van der Waals surface area contributed by atoms with Gasteiger partial charge in [0.2, 0.25) is 0 Å². The third-order valence-electron chi connectivity index (χ3n) is 3.38. The maximum absolute atomic E-state index is 2.18. The van der Waals surface area contributed by atoms with Gasteiger partial charge in [-0.3, -0.25) is 4.48 Å². The molecule has 0 unspecified atom stereocenters. The van der Waals surface area contributed by atoms with E-state index in [1.807, 2.05) is 30.4 Å². The fourth-order valence-electron chi connectivity index (χ4n) is 2.06. The maximum Gasteiger partial charge on any atom is 0.132 e. The molecule has 2 aromatic carbocycles. The van der Waals surface area contributed by atoms with Crippen LogP contribution in [-0.4, -0.2) is 21.1 Å². The normalized spacial score (nSPS) is 12.7. The van der Waals surface area contributed by atoms with Crippen molar-refractivity contribution in [2.45, 2.75) is 0 Å². The maximum atomic E-state index is 2.18. The molecule has 0 aromatic heterocycles. The molecule has 0 saturated heterocycles. The van der Waals surface area contributed by atoms with Crippen molar-refractivity contribution in [2.24, 2.45) is 0 Å². The zero-order chi connectivity index (χ0) is 15.8. The smallest absolute Gasteiger partial charge is 0.132 e. The summed E-state index contributed by atoms with van der Waals surface area (Å²) in [7, 11) is 6.52. The lowest BCUT2D eigenvalue weighted by atomic mass is 10.1. The molecule has 1 nitrogen and oxygen atoms in total. The molecule has 2 aromatic rings. The first-order chi connectivity index (χ1) is 10.6. The Morgan fingerprint density at radius 1 is 0.591 bits per heavy atom. The standard InChI is InChI=1S/C21H24N/c1-22(2,3)21-17-15-20(16-18-21)14-8-5-4-7-11-19-12-9-6-10-13-19/h4-18H,1-3H3/q+1/b5-4+,11-7+,14-8-. The Hall–Kier alpha value is -2.38. The molecular weight excluding hydrogens is 266 g/mol. The third-order valence-corrected chi connectivity index (χ3v) is 3.38. The van der Waals surface area contributed by atoms with Gasteiger partial charge in [-0.05, 0) is 35.4 Å². The van der Waals surface area contributed by atoms with Crippen LogP contribution in [0.25, 0.3) is 12.2 Å². The fourth-order valence-corrected chi connectivity index (χ4v) is 2.06. The topological polar surface area (TPSA) is 0 Å².